The van der Waals surface area contributed by atoms with Crippen molar-refractivity contribution >= 4 is 97.1 Å². The molecule has 0 spiro atoms. The van der Waals surface area contributed by atoms with Crippen LogP contribution in [0.15, 0.2) is 174 Å². The summed E-state index contributed by atoms with van der Waals surface area (Å²) in [6, 6.07) is 61.6. The zero-order valence-corrected chi connectivity index (χ0v) is 28.7. The van der Waals surface area contributed by atoms with Crippen LogP contribution in [0.1, 0.15) is 0 Å². The lowest BCUT2D eigenvalue weighted by Gasteiger charge is -2.09. The highest BCUT2D eigenvalue weighted by Crippen LogP contribution is 2.45. The van der Waals surface area contributed by atoms with Gasteiger partial charge in [-0.3, -0.25) is 0 Å². The highest BCUT2D eigenvalue weighted by atomic mass is 32.1. The molecule has 0 amide bonds. The van der Waals surface area contributed by atoms with Gasteiger partial charge >= 0.3 is 0 Å². The Hall–Kier alpha value is -6.62. The Kier molecular flexibility index (Phi) is 5.65. The summed E-state index contributed by atoms with van der Waals surface area (Å²) in [5, 5.41) is 9.83. The van der Waals surface area contributed by atoms with Gasteiger partial charge in [0.05, 0.1) is 22.1 Å². The zero-order valence-electron chi connectivity index (χ0n) is 27.9. The number of benzene rings is 8. The molecule has 12 rings (SSSR count). The molecule has 4 aromatic heterocycles. The average Bonchev–Trinajstić information content (AvgIpc) is 3.95. The van der Waals surface area contributed by atoms with E-state index >= 15 is 0 Å². The van der Waals surface area contributed by atoms with Crippen molar-refractivity contribution in [3.8, 4) is 22.5 Å². The smallest absolute Gasteiger partial charge is 0.143 e. The minimum absolute atomic E-state index is 0.892. The maximum atomic E-state index is 6.79. The largest absolute Gasteiger partial charge is 0.455 e. The summed E-state index contributed by atoms with van der Waals surface area (Å²) in [6.07, 6.45) is 0. The number of hydrogen-bond acceptors (Lipinski definition) is 2. The van der Waals surface area contributed by atoms with Gasteiger partial charge in [-0.05, 0) is 72.3 Å². The van der Waals surface area contributed by atoms with E-state index in [1.807, 2.05) is 11.3 Å². The van der Waals surface area contributed by atoms with Gasteiger partial charge in [0.2, 0.25) is 0 Å². The van der Waals surface area contributed by atoms with Gasteiger partial charge in [-0.15, -0.1) is 11.3 Å². The molecule has 4 heterocycles. The van der Waals surface area contributed by atoms with Crippen molar-refractivity contribution in [2.45, 2.75) is 0 Å². The molecule has 0 N–H and O–H groups in total. The Morgan fingerprint density at radius 2 is 0.865 bits per heavy atom. The summed E-state index contributed by atoms with van der Waals surface area (Å²) in [5.74, 6) is 0. The molecule has 242 valence electrons. The molecular weight excluding hydrogens is 653 g/mol. The quantitative estimate of drug-likeness (QED) is 0.182. The Balaban J connectivity index is 1.08. The number of thiophene rings is 1. The SMILES string of the molecule is c1cc(-c2cccc3c2oc2ccc(-n4c5ccccc5c5ccccc54)cc23)c2c(c1)sc1ccc(-n3c4ccccc4c4ccccc43)cc12. The summed E-state index contributed by atoms with van der Waals surface area (Å²) in [6.45, 7) is 0. The van der Waals surface area contributed by atoms with Crippen LogP contribution in [0.4, 0.5) is 0 Å². The Labute approximate surface area is 301 Å². The van der Waals surface area contributed by atoms with E-state index < -0.39 is 0 Å². The summed E-state index contributed by atoms with van der Waals surface area (Å²) in [4.78, 5) is 0. The summed E-state index contributed by atoms with van der Waals surface area (Å²) < 4.78 is 14.1. The number of hydrogen-bond donors (Lipinski definition) is 0. The van der Waals surface area contributed by atoms with Crippen LogP contribution in [-0.4, -0.2) is 9.13 Å². The fourth-order valence-corrected chi connectivity index (χ4v) is 9.83. The topological polar surface area (TPSA) is 23.0 Å². The summed E-state index contributed by atoms with van der Waals surface area (Å²) in [5.41, 5.74) is 11.2. The second kappa shape index (κ2) is 10.5. The number of rotatable bonds is 3. The fraction of sp³-hybridized carbons (Fsp3) is 0. The van der Waals surface area contributed by atoms with E-state index in [0.29, 0.717) is 0 Å². The molecule has 8 aromatic carbocycles. The molecule has 0 unspecified atom stereocenters. The third-order valence-electron chi connectivity index (χ3n) is 10.9. The van der Waals surface area contributed by atoms with Crippen LogP contribution in [-0.2, 0) is 0 Å². The molecule has 0 radical (unpaired) electrons. The Bertz CT molecular complexity index is 3320. The highest BCUT2D eigenvalue weighted by molar-refractivity contribution is 7.26. The molecule has 4 heteroatoms. The monoisotopic (exact) mass is 680 g/mol. The van der Waals surface area contributed by atoms with Crippen LogP contribution >= 0.6 is 11.3 Å². The van der Waals surface area contributed by atoms with Gasteiger partial charge in [-0.25, -0.2) is 0 Å². The van der Waals surface area contributed by atoms with Crippen LogP contribution in [0, 0.1) is 0 Å². The van der Waals surface area contributed by atoms with E-state index in [9.17, 15) is 0 Å². The van der Waals surface area contributed by atoms with E-state index in [-0.39, 0.29) is 0 Å². The molecule has 3 nitrogen and oxygen atoms in total. The fourth-order valence-electron chi connectivity index (χ4n) is 8.72. The lowest BCUT2D eigenvalue weighted by atomic mass is 9.97. The molecule has 0 aliphatic rings. The predicted molar refractivity (Wildman–Crippen MR) is 221 cm³/mol. The van der Waals surface area contributed by atoms with Crippen LogP contribution in [0.2, 0.25) is 0 Å². The van der Waals surface area contributed by atoms with Crippen LogP contribution in [0.5, 0.6) is 0 Å². The molecule has 0 aliphatic carbocycles. The first-order valence-electron chi connectivity index (χ1n) is 17.7. The maximum Gasteiger partial charge on any atom is 0.143 e. The number of furan rings is 1. The normalized spacial score (nSPS) is 12.2. The molecule has 52 heavy (non-hydrogen) atoms. The summed E-state index contributed by atoms with van der Waals surface area (Å²) in [7, 11) is 0. The van der Waals surface area contributed by atoms with Gasteiger partial charge < -0.3 is 13.6 Å². The third-order valence-corrected chi connectivity index (χ3v) is 12.1. The summed E-state index contributed by atoms with van der Waals surface area (Å²) >= 11 is 1.85. The van der Waals surface area contributed by atoms with E-state index in [2.05, 4.69) is 179 Å². The third kappa shape index (κ3) is 3.79. The standard InChI is InChI=1S/C48H28N2OS/c1-5-18-40-31(11-1)32-12-2-6-19-41(32)49(40)29-23-25-44-38(27-29)37-17-9-16-36(48(37)51-44)35-15-10-22-46-47(35)39-28-30(24-26-45(39)52-46)50-42-20-7-3-13-33(42)34-14-4-8-21-43(34)50/h1-28H. The molecule has 0 atom stereocenters. The number of para-hydroxylation sites is 5. The number of fused-ring (bicyclic) bond motifs is 12. The van der Waals surface area contributed by atoms with Crippen molar-refractivity contribution < 1.29 is 4.42 Å². The molecule has 0 saturated carbocycles. The van der Waals surface area contributed by atoms with Crippen molar-refractivity contribution in [1.29, 1.82) is 0 Å². The van der Waals surface area contributed by atoms with Gasteiger partial charge in [0, 0.05) is 69.4 Å². The lowest BCUT2D eigenvalue weighted by Crippen LogP contribution is -1.93. The average molecular weight is 681 g/mol. The van der Waals surface area contributed by atoms with Crippen LogP contribution in [0.3, 0.4) is 0 Å². The van der Waals surface area contributed by atoms with Gasteiger partial charge in [-0.2, -0.15) is 0 Å². The number of aromatic nitrogens is 2. The Morgan fingerprint density at radius 1 is 0.365 bits per heavy atom. The van der Waals surface area contributed by atoms with E-state index in [1.54, 1.807) is 0 Å². The van der Waals surface area contributed by atoms with Gasteiger partial charge in [-0.1, -0.05) is 103 Å². The van der Waals surface area contributed by atoms with Crippen molar-refractivity contribution in [1.82, 2.24) is 9.13 Å². The van der Waals surface area contributed by atoms with Crippen molar-refractivity contribution in [3.05, 3.63) is 170 Å². The Morgan fingerprint density at radius 3 is 1.48 bits per heavy atom. The predicted octanol–water partition coefficient (Wildman–Crippen LogP) is 13.8. The number of nitrogens with zero attached hydrogens (tertiary/aromatic N) is 2. The zero-order chi connectivity index (χ0) is 33.9. The van der Waals surface area contributed by atoms with E-state index in [1.165, 1.54) is 75.0 Å². The van der Waals surface area contributed by atoms with Crippen molar-refractivity contribution in [2.75, 3.05) is 0 Å². The van der Waals surface area contributed by atoms with Crippen LogP contribution < -0.4 is 0 Å². The molecule has 12 aromatic rings. The minimum Gasteiger partial charge on any atom is -0.455 e. The first kappa shape index (κ1) is 28.1. The first-order chi connectivity index (χ1) is 25.8. The van der Waals surface area contributed by atoms with Crippen LogP contribution in [0.25, 0.3) is 108 Å². The van der Waals surface area contributed by atoms with E-state index in [4.69, 9.17) is 4.42 Å². The van der Waals surface area contributed by atoms with Gasteiger partial charge in [0.1, 0.15) is 11.2 Å². The van der Waals surface area contributed by atoms with Gasteiger partial charge in [0.15, 0.2) is 0 Å². The molecule has 0 fully saturated rings. The minimum atomic E-state index is 0.892. The second-order valence-electron chi connectivity index (χ2n) is 13.7. The molecule has 0 aliphatic heterocycles. The molecular formula is C48H28N2OS. The molecule has 0 bridgehead atoms. The van der Waals surface area contributed by atoms with Gasteiger partial charge in [0.25, 0.3) is 0 Å². The second-order valence-corrected chi connectivity index (χ2v) is 14.7. The highest BCUT2D eigenvalue weighted by Gasteiger charge is 2.19. The van der Waals surface area contributed by atoms with Crippen molar-refractivity contribution in [3.63, 3.8) is 0 Å². The van der Waals surface area contributed by atoms with Crippen molar-refractivity contribution in [2.24, 2.45) is 0 Å². The maximum absolute atomic E-state index is 6.79. The lowest BCUT2D eigenvalue weighted by molar-refractivity contribution is 0.670. The first-order valence-corrected chi connectivity index (χ1v) is 18.5. The van der Waals surface area contributed by atoms with E-state index in [0.717, 1.165) is 33.2 Å². The molecule has 0 saturated heterocycles.